The zero-order valence-electron chi connectivity index (χ0n) is 15.3. The van der Waals surface area contributed by atoms with Gasteiger partial charge in [0.2, 0.25) is 10.0 Å². The van der Waals surface area contributed by atoms with Crippen LogP contribution in [-0.2, 0) is 10.0 Å². The summed E-state index contributed by atoms with van der Waals surface area (Å²) in [4.78, 5) is 17.2. The Morgan fingerprint density at radius 1 is 1.04 bits per heavy atom. The first kappa shape index (κ1) is 18.6. The van der Waals surface area contributed by atoms with Crippen molar-refractivity contribution in [2.24, 2.45) is 0 Å². The molecule has 6 nitrogen and oxygen atoms in total. The van der Waals surface area contributed by atoms with Gasteiger partial charge in [0, 0.05) is 18.5 Å². The zero-order valence-corrected chi connectivity index (χ0v) is 16.1. The molecule has 0 aliphatic carbocycles. The number of hydrogen-bond donors (Lipinski definition) is 0. The number of aromatic nitrogens is 2. The van der Waals surface area contributed by atoms with E-state index in [4.69, 9.17) is 0 Å². The van der Waals surface area contributed by atoms with Gasteiger partial charge in [-0.2, -0.15) is 4.31 Å². The van der Waals surface area contributed by atoms with E-state index in [-0.39, 0.29) is 18.1 Å². The quantitative estimate of drug-likeness (QED) is 0.681. The second-order valence-electron chi connectivity index (χ2n) is 6.89. The second-order valence-corrected chi connectivity index (χ2v) is 8.71. The topological polar surface area (TPSA) is 72.3 Å². The number of piperidine rings is 1. The van der Waals surface area contributed by atoms with E-state index >= 15 is 0 Å². The summed E-state index contributed by atoms with van der Waals surface area (Å²) in [5, 5.41) is 1.79. The number of hydrogen-bond acceptors (Lipinski definition) is 4. The van der Waals surface area contributed by atoms with Gasteiger partial charge in [-0.25, -0.2) is 13.4 Å². The number of nitrogens with zero attached hydrogens (tertiary/aromatic N) is 3. The molecule has 1 fully saturated rings. The molecule has 0 N–H and O–H groups in total. The summed E-state index contributed by atoms with van der Waals surface area (Å²) in [5.74, 6) is 0. The Morgan fingerprint density at radius 2 is 1.79 bits per heavy atom. The number of rotatable bonds is 4. The summed E-state index contributed by atoms with van der Waals surface area (Å²) >= 11 is 0. The van der Waals surface area contributed by atoms with Crippen molar-refractivity contribution in [3.05, 3.63) is 82.2 Å². The monoisotopic (exact) mass is 395 g/mol. The number of fused-ring (bicyclic) bond motifs is 1. The Hall–Kier alpha value is -2.77. The average Bonchev–Trinajstić information content (AvgIpc) is 2.74. The Balaban J connectivity index is 1.59. The third-order valence-electron chi connectivity index (χ3n) is 5.03. The van der Waals surface area contributed by atoms with Crippen molar-refractivity contribution in [2.45, 2.75) is 18.9 Å². The highest BCUT2D eigenvalue weighted by Gasteiger charge is 2.29. The van der Waals surface area contributed by atoms with Crippen LogP contribution in [0.4, 0.5) is 0 Å². The highest BCUT2D eigenvalue weighted by Crippen LogP contribution is 2.23. The number of para-hydroxylation sites is 1. The van der Waals surface area contributed by atoms with Crippen LogP contribution < -0.4 is 5.56 Å². The molecule has 0 amide bonds. The van der Waals surface area contributed by atoms with Crippen molar-refractivity contribution in [3.63, 3.8) is 0 Å². The van der Waals surface area contributed by atoms with Gasteiger partial charge >= 0.3 is 0 Å². The summed E-state index contributed by atoms with van der Waals surface area (Å²) in [5.41, 5.74) is 1.35. The molecule has 1 atom stereocenters. The summed E-state index contributed by atoms with van der Waals surface area (Å²) < 4.78 is 28.6. The third-order valence-corrected chi connectivity index (χ3v) is 6.57. The lowest BCUT2D eigenvalue weighted by atomic mass is 10.1. The second kappa shape index (κ2) is 7.69. The van der Waals surface area contributed by atoms with E-state index in [1.165, 1.54) is 16.0 Å². The molecule has 4 rings (SSSR count). The van der Waals surface area contributed by atoms with Gasteiger partial charge in [0.25, 0.3) is 5.56 Å². The lowest BCUT2D eigenvalue weighted by molar-refractivity contribution is 0.264. The van der Waals surface area contributed by atoms with Crippen molar-refractivity contribution < 1.29 is 8.42 Å². The van der Waals surface area contributed by atoms with Crippen LogP contribution in [0.1, 0.15) is 24.4 Å². The van der Waals surface area contributed by atoms with E-state index in [1.54, 1.807) is 22.8 Å². The molecule has 1 aliphatic heterocycles. The van der Waals surface area contributed by atoms with Gasteiger partial charge in [0.15, 0.2) is 0 Å². The summed E-state index contributed by atoms with van der Waals surface area (Å²) in [7, 11) is -3.56. The Morgan fingerprint density at radius 3 is 2.61 bits per heavy atom. The van der Waals surface area contributed by atoms with E-state index < -0.39 is 10.0 Å². The van der Waals surface area contributed by atoms with Crippen LogP contribution in [0.15, 0.2) is 71.1 Å². The van der Waals surface area contributed by atoms with Crippen LogP contribution in [0.2, 0.25) is 0 Å². The van der Waals surface area contributed by atoms with Gasteiger partial charge < -0.3 is 0 Å². The first-order valence-corrected chi connectivity index (χ1v) is 10.7. The highest BCUT2D eigenvalue weighted by atomic mass is 32.2. The molecular weight excluding hydrogens is 374 g/mol. The van der Waals surface area contributed by atoms with Crippen molar-refractivity contribution in [3.8, 4) is 0 Å². The molecule has 2 aromatic carbocycles. The molecule has 1 saturated heterocycles. The van der Waals surface area contributed by atoms with Gasteiger partial charge in [0.05, 0.1) is 23.3 Å². The molecule has 0 spiro atoms. The van der Waals surface area contributed by atoms with Crippen molar-refractivity contribution in [2.75, 3.05) is 13.1 Å². The van der Waals surface area contributed by atoms with Crippen LogP contribution in [0.5, 0.6) is 0 Å². The van der Waals surface area contributed by atoms with E-state index in [1.807, 2.05) is 42.5 Å². The van der Waals surface area contributed by atoms with Crippen molar-refractivity contribution in [1.29, 1.82) is 0 Å². The standard InChI is InChI=1S/C21H21N3O3S/c25-21-19-10-4-5-11-20(19)22-16-24(21)18-9-6-13-23(15-18)28(26,27)14-12-17-7-2-1-3-8-17/h1-5,7-8,10-12,14,16,18H,6,9,13,15H2/b14-12+/t18-/m0/s1. The van der Waals surface area contributed by atoms with Gasteiger partial charge in [-0.3, -0.25) is 9.36 Å². The molecule has 3 aromatic rings. The van der Waals surface area contributed by atoms with E-state index in [2.05, 4.69) is 4.98 Å². The fourth-order valence-corrected chi connectivity index (χ4v) is 4.80. The largest absolute Gasteiger partial charge is 0.294 e. The van der Waals surface area contributed by atoms with Crippen molar-refractivity contribution >= 4 is 27.0 Å². The van der Waals surface area contributed by atoms with E-state index in [0.29, 0.717) is 23.9 Å². The minimum absolute atomic E-state index is 0.130. The van der Waals surface area contributed by atoms with Gasteiger partial charge in [-0.1, -0.05) is 42.5 Å². The van der Waals surface area contributed by atoms with Gasteiger partial charge in [-0.15, -0.1) is 0 Å². The minimum Gasteiger partial charge on any atom is -0.294 e. The minimum atomic E-state index is -3.56. The van der Waals surface area contributed by atoms with Gasteiger partial charge in [-0.05, 0) is 36.6 Å². The molecule has 1 aromatic heterocycles. The SMILES string of the molecule is O=c1c2ccccc2ncn1[C@H]1CCCN(S(=O)(=O)/C=C/c2ccccc2)C1. The maximum Gasteiger partial charge on any atom is 0.261 e. The number of sulfonamides is 1. The third kappa shape index (κ3) is 3.76. The molecule has 1 aliphatic rings. The maximum atomic E-state index is 12.8. The van der Waals surface area contributed by atoms with Crippen LogP contribution >= 0.6 is 0 Å². The van der Waals surface area contributed by atoms with Gasteiger partial charge in [0.1, 0.15) is 0 Å². The predicted molar refractivity (Wildman–Crippen MR) is 110 cm³/mol. The summed E-state index contributed by atoms with van der Waals surface area (Å²) in [6, 6.07) is 16.3. The Labute approximate surface area is 163 Å². The Kier molecular flexibility index (Phi) is 5.11. The zero-order chi connectivity index (χ0) is 19.6. The lowest BCUT2D eigenvalue weighted by Gasteiger charge is -2.32. The highest BCUT2D eigenvalue weighted by molar-refractivity contribution is 7.92. The molecule has 28 heavy (non-hydrogen) atoms. The Bertz CT molecular complexity index is 1170. The van der Waals surface area contributed by atoms with Crippen LogP contribution in [-0.4, -0.2) is 35.4 Å². The van der Waals surface area contributed by atoms with E-state index in [0.717, 1.165) is 12.0 Å². The summed E-state index contributed by atoms with van der Waals surface area (Å²) in [6.45, 7) is 0.717. The fourth-order valence-electron chi connectivity index (χ4n) is 3.54. The lowest BCUT2D eigenvalue weighted by Crippen LogP contribution is -2.42. The van der Waals surface area contributed by atoms with Crippen molar-refractivity contribution in [1.82, 2.24) is 13.9 Å². The first-order valence-electron chi connectivity index (χ1n) is 9.24. The van der Waals surface area contributed by atoms with Crippen LogP contribution in [0.25, 0.3) is 17.0 Å². The number of benzene rings is 2. The molecule has 7 heteroatoms. The fraction of sp³-hybridized carbons (Fsp3) is 0.238. The average molecular weight is 395 g/mol. The van der Waals surface area contributed by atoms with Crippen LogP contribution in [0.3, 0.4) is 0 Å². The molecule has 144 valence electrons. The molecule has 0 radical (unpaired) electrons. The normalized spacial score (nSPS) is 18.6. The molecule has 0 unspecified atom stereocenters. The molecule has 0 bridgehead atoms. The first-order chi connectivity index (χ1) is 13.5. The van der Waals surface area contributed by atoms with Crippen LogP contribution in [0, 0.1) is 0 Å². The molecular formula is C21H21N3O3S. The predicted octanol–water partition coefficient (Wildman–Crippen LogP) is 3.03. The maximum absolute atomic E-state index is 12.8. The van der Waals surface area contributed by atoms with E-state index in [9.17, 15) is 13.2 Å². The smallest absolute Gasteiger partial charge is 0.261 e. The molecule has 2 heterocycles. The summed E-state index contributed by atoms with van der Waals surface area (Å²) in [6.07, 6.45) is 4.57. The molecule has 0 saturated carbocycles.